The molecule has 246 valence electrons. The van der Waals surface area contributed by atoms with E-state index in [2.05, 4.69) is 0 Å². The molecule has 8 nitrogen and oxygen atoms in total. The van der Waals surface area contributed by atoms with Gasteiger partial charge < -0.3 is 19.4 Å². The summed E-state index contributed by atoms with van der Waals surface area (Å²) in [5.41, 5.74) is -3.15. The van der Waals surface area contributed by atoms with E-state index in [-0.39, 0.29) is 37.6 Å². The summed E-state index contributed by atoms with van der Waals surface area (Å²) in [4.78, 5) is 44.4. The summed E-state index contributed by atoms with van der Waals surface area (Å²) in [6.45, 7) is 0.810. The number of hydrogen-bond acceptors (Lipinski definition) is 4. The Bertz CT molecular complexity index is 1360. The number of ether oxygens (including phenoxy) is 1. The lowest BCUT2D eigenvalue weighted by Crippen LogP contribution is -2.48. The van der Waals surface area contributed by atoms with Gasteiger partial charge in [0, 0.05) is 64.9 Å². The van der Waals surface area contributed by atoms with E-state index >= 15 is 0 Å². The number of hydrogen-bond donors (Lipinski definition) is 0. The number of anilines is 1. The molecule has 0 spiro atoms. The number of rotatable bonds is 6. The first-order valence-corrected chi connectivity index (χ1v) is 14.1. The Kier molecular flexibility index (Phi) is 10.00. The first kappa shape index (κ1) is 34.0. The fraction of sp³-hybridized carbons (Fsp3) is 0.500. The minimum absolute atomic E-state index is 0.0193. The zero-order chi connectivity index (χ0) is 33.3. The number of carbonyl (C=O) groups is 3. The number of urea groups is 1. The molecule has 2 fully saturated rings. The maximum Gasteiger partial charge on any atom is 0.416 e. The predicted molar refractivity (Wildman–Crippen MR) is 149 cm³/mol. The van der Waals surface area contributed by atoms with Crippen LogP contribution in [0.3, 0.4) is 0 Å². The number of likely N-dealkylation sites (tertiary alicyclic amines) is 2. The normalized spacial score (nSPS) is 19.5. The van der Waals surface area contributed by atoms with Crippen LogP contribution in [0.4, 0.5) is 41.2 Å². The zero-order valence-corrected chi connectivity index (χ0v) is 24.8. The lowest BCUT2D eigenvalue weighted by molar-refractivity contribution is -0.143. The van der Waals surface area contributed by atoms with Crippen LogP contribution in [0.15, 0.2) is 42.5 Å². The highest BCUT2D eigenvalue weighted by Gasteiger charge is 2.43. The average molecular weight is 647 g/mol. The molecule has 2 heterocycles. The molecular formula is C30H33F7N4O4. The second-order valence-electron chi connectivity index (χ2n) is 11.3. The third-order valence-electron chi connectivity index (χ3n) is 8.41. The molecule has 2 atom stereocenters. The summed E-state index contributed by atoms with van der Waals surface area (Å²) in [5, 5.41) is 0. The number of alkyl halides is 6. The highest BCUT2D eigenvalue weighted by molar-refractivity contribution is 5.92. The van der Waals surface area contributed by atoms with Crippen LogP contribution in [0.5, 0.6) is 0 Å². The van der Waals surface area contributed by atoms with Gasteiger partial charge in [-0.3, -0.25) is 14.5 Å². The van der Waals surface area contributed by atoms with E-state index in [0.29, 0.717) is 48.5 Å². The van der Waals surface area contributed by atoms with Crippen LogP contribution in [-0.2, 0) is 26.7 Å². The molecule has 0 saturated carbocycles. The van der Waals surface area contributed by atoms with E-state index in [1.54, 1.807) is 9.80 Å². The average Bonchev–Trinajstić information content (AvgIpc) is 3.44. The largest absolute Gasteiger partial charge is 0.416 e. The van der Waals surface area contributed by atoms with E-state index in [4.69, 9.17) is 4.74 Å². The molecule has 2 aromatic carbocycles. The molecule has 2 aromatic rings. The molecule has 2 saturated heterocycles. The molecular weight excluding hydrogens is 613 g/mol. The van der Waals surface area contributed by atoms with Gasteiger partial charge in [0.2, 0.25) is 11.8 Å². The number of piperidine rings is 1. The molecule has 4 amide bonds. The second-order valence-corrected chi connectivity index (χ2v) is 11.3. The van der Waals surface area contributed by atoms with Gasteiger partial charge in [-0.15, -0.1) is 0 Å². The van der Waals surface area contributed by atoms with Gasteiger partial charge in [0.25, 0.3) is 0 Å². The van der Waals surface area contributed by atoms with Gasteiger partial charge in [-0.2, -0.15) is 26.3 Å². The van der Waals surface area contributed by atoms with E-state index in [1.165, 1.54) is 43.3 Å². The SMILES string of the molecule is COCC(=O)N1CCC(C(=O)N2C[C@@H](N(C)C(=O)N(C)c3cc(C(F)(F)F)cc(C(F)(F)F)c3)[C@H](c3ccc(F)cc3)C2)CC1. The maximum atomic E-state index is 13.7. The molecule has 0 radical (unpaired) electrons. The van der Waals surface area contributed by atoms with Gasteiger partial charge in [0.05, 0.1) is 17.2 Å². The summed E-state index contributed by atoms with van der Waals surface area (Å²) >= 11 is 0. The minimum Gasteiger partial charge on any atom is -0.375 e. The summed E-state index contributed by atoms with van der Waals surface area (Å²) in [7, 11) is 3.83. The first-order valence-electron chi connectivity index (χ1n) is 14.1. The van der Waals surface area contributed by atoms with Gasteiger partial charge in [0.1, 0.15) is 12.4 Å². The molecule has 15 heteroatoms. The second kappa shape index (κ2) is 13.2. The number of amides is 4. The number of nitrogens with zero attached hydrogens (tertiary/aromatic N) is 4. The van der Waals surface area contributed by atoms with Gasteiger partial charge in [-0.1, -0.05) is 12.1 Å². The van der Waals surface area contributed by atoms with E-state index < -0.39 is 58.9 Å². The van der Waals surface area contributed by atoms with Crippen LogP contribution < -0.4 is 4.90 Å². The van der Waals surface area contributed by atoms with E-state index in [1.807, 2.05) is 0 Å². The fourth-order valence-electron chi connectivity index (χ4n) is 5.87. The number of carbonyl (C=O) groups excluding carboxylic acids is 3. The van der Waals surface area contributed by atoms with E-state index in [9.17, 15) is 45.1 Å². The molecule has 2 aliphatic rings. The first-order chi connectivity index (χ1) is 21.0. The highest BCUT2D eigenvalue weighted by Crippen LogP contribution is 2.39. The Morgan fingerprint density at radius 3 is 1.93 bits per heavy atom. The van der Waals surface area contributed by atoms with Crippen molar-refractivity contribution in [2.24, 2.45) is 5.92 Å². The van der Waals surface area contributed by atoms with Crippen molar-refractivity contribution in [3.63, 3.8) is 0 Å². The van der Waals surface area contributed by atoms with Crippen LogP contribution >= 0.6 is 0 Å². The van der Waals surface area contributed by atoms with Gasteiger partial charge in [0.15, 0.2) is 0 Å². The van der Waals surface area contributed by atoms with Gasteiger partial charge in [-0.05, 0) is 48.7 Å². The van der Waals surface area contributed by atoms with E-state index in [0.717, 1.165) is 7.05 Å². The smallest absolute Gasteiger partial charge is 0.375 e. The molecule has 45 heavy (non-hydrogen) atoms. The van der Waals surface area contributed by atoms with Crippen molar-refractivity contribution in [3.8, 4) is 0 Å². The summed E-state index contributed by atoms with van der Waals surface area (Å²) in [6.07, 6.45) is -9.38. The molecule has 0 unspecified atom stereocenters. The summed E-state index contributed by atoms with van der Waals surface area (Å²) in [6, 6.07) is 4.71. The molecule has 0 N–H and O–H groups in total. The van der Waals surface area contributed by atoms with Gasteiger partial charge in [-0.25, -0.2) is 9.18 Å². The highest BCUT2D eigenvalue weighted by atomic mass is 19.4. The minimum atomic E-state index is -5.10. The van der Waals surface area contributed by atoms with Crippen molar-refractivity contribution >= 4 is 23.5 Å². The van der Waals surface area contributed by atoms with Crippen LogP contribution in [0.25, 0.3) is 0 Å². The van der Waals surface area contributed by atoms with Crippen LogP contribution in [0.2, 0.25) is 0 Å². The number of halogens is 7. The lowest BCUT2D eigenvalue weighted by Gasteiger charge is -2.34. The summed E-state index contributed by atoms with van der Waals surface area (Å²) < 4.78 is 99.4. The quantitative estimate of drug-likeness (QED) is 0.403. The third-order valence-corrected chi connectivity index (χ3v) is 8.41. The zero-order valence-electron chi connectivity index (χ0n) is 24.8. The molecule has 2 aliphatic heterocycles. The Labute approximate surface area is 255 Å². The molecule has 0 aromatic heterocycles. The fourth-order valence-corrected chi connectivity index (χ4v) is 5.87. The van der Waals surface area contributed by atoms with Crippen molar-refractivity contribution in [1.82, 2.24) is 14.7 Å². The Morgan fingerprint density at radius 1 is 0.867 bits per heavy atom. The van der Waals surface area contributed by atoms with Crippen molar-refractivity contribution < 1.29 is 49.9 Å². The van der Waals surface area contributed by atoms with Crippen molar-refractivity contribution in [1.29, 1.82) is 0 Å². The topological polar surface area (TPSA) is 73.4 Å². The Hall–Kier alpha value is -3.88. The van der Waals surface area contributed by atoms with Crippen LogP contribution in [-0.4, -0.2) is 92.6 Å². The standard InChI is InChI=1S/C30H33F7N4O4/c1-38(23-13-20(29(32,33)34)12-21(14-23)30(35,36)37)28(44)39(2)25-16-41(15-24(25)18-4-6-22(31)7-5-18)27(43)19-8-10-40(11-9-19)26(42)17-45-3/h4-7,12-14,19,24-25H,8-11,15-17H2,1-3H3/t24-,25+/m0/s1. The number of likely N-dealkylation sites (N-methyl/N-ethyl adjacent to an activating group) is 1. The van der Waals surface area contributed by atoms with Crippen LogP contribution in [0, 0.1) is 11.7 Å². The maximum absolute atomic E-state index is 13.7. The number of methoxy groups -OCH3 is 1. The molecule has 0 bridgehead atoms. The Morgan fingerprint density at radius 2 is 1.42 bits per heavy atom. The van der Waals surface area contributed by atoms with Crippen molar-refractivity contribution in [3.05, 3.63) is 65.0 Å². The van der Waals surface area contributed by atoms with Crippen molar-refractivity contribution in [2.45, 2.75) is 37.2 Å². The predicted octanol–water partition coefficient (Wildman–Crippen LogP) is 5.23. The lowest BCUT2D eigenvalue weighted by atomic mass is 9.93. The van der Waals surface area contributed by atoms with Gasteiger partial charge >= 0.3 is 18.4 Å². The number of benzene rings is 2. The molecule has 0 aliphatic carbocycles. The molecule has 4 rings (SSSR count). The van der Waals surface area contributed by atoms with Crippen LogP contribution in [0.1, 0.15) is 35.4 Å². The Balaban J connectivity index is 1.58. The third kappa shape index (κ3) is 7.68. The van der Waals surface area contributed by atoms with Crippen molar-refractivity contribution in [2.75, 3.05) is 58.9 Å². The monoisotopic (exact) mass is 646 g/mol. The summed E-state index contributed by atoms with van der Waals surface area (Å²) in [5.74, 6) is -1.84.